The van der Waals surface area contributed by atoms with Crippen molar-refractivity contribution in [3.8, 4) is 0 Å². The quantitative estimate of drug-likeness (QED) is 0.728. The van der Waals surface area contributed by atoms with Crippen LogP contribution in [0, 0.1) is 0 Å². The Hall–Kier alpha value is -2.22. The van der Waals surface area contributed by atoms with Gasteiger partial charge in [-0.2, -0.15) is 0 Å². The Morgan fingerprint density at radius 1 is 0.950 bits per heavy atom. The summed E-state index contributed by atoms with van der Waals surface area (Å²) in [5, 5.41) is 0. The summed E-state index contributed by atoms with van der Waals surface area (Å²) in [7, 11) is 0. The largest absolute Gasteiger partial charge is 0.294 e. The number of para-hydroxylation sites is 1. The molecule has 2 aromatic rings. The molecule has 0 atom stereocenters. The third-order valence-electron chi connectivity index (χ3n) is 3.46. The van der Waals surface area contributed by atoms with E-state index in [2.05, 4.69) is 29.3 Å². The molecular formula is C18H18N2. The summed E-state index contributed by atoms with van der Waals surface area (Å²) in [6, 6.07) is 20.5. The third-order valence-corrected chi connectivity index (χ3v) is 3.46. The van der Waals surface area contributed by atoms with Crippen LogP contribution in [-0.2, 0) is 0 Å². The minimum absolute atomic E-state index is 0.860. The van der Waals surface area contributed by atoms with E-state index in [1.165, 1.54) is 17.7 Å². The smallest absolute Gasteiger partial charge is 0.0633 e. The van der Waals surface area contributed by atoms with Gasteiger partial charge in [-0.1, -0.05) is 48.5 Å². The SMILES string of the molecule is c1ccc(N=C(CC2=NCCC2)c2ccccc2)cc1. The van der Waals surface area contributed by atoms with E-state index in [1.807, 2.05) is 36.4 Å². The summed E-state index contributed by atoms with van der Waals surface area (Å²) in [6.07, 6.45) is 3.16. The molecule has 1 heterocycles. The number of aliphatic imine (C=N–C) groups is 2. The third kappa shape index (κ3) is 3.21. The second-order valence-electron chi connectivity index (χ2n) is 4.99. The van der Waals surface area contributed by atoms with Gasteiger partial charge in [-0.3, -0.25) is 9.98 Å². The van der Waals surface area contributed by atoms with E-state index in [-0.39, 0.29) is 0 Å². The number of hydrogen-bond donors (Lipinski definition) is 0. The highest BCUT2D eigenvalue weighted by Crippen LogP contribution is 2.17. The van der Waals surface area contributed by atoms with Crippen molar-refractivity contribution in [2.24, 2.45) is 9.98 Å². The van der Waals surface area contributed by atoms with Gasteiger partial charge in [0.1, 0.15) is 0 Å². The van der Waals surface area contributed by atoms with Crippen LogP contribution in [0.5, 0.6) is 0 Å². The standard InChI is InChI=1S/C18H18N2/c1-3-8-15(9-4-1)18(14-17-12-7-13-19-17)20-16-10-5-2-6-11-16/h1-6,8-11H,7,12-14H2. The molecule has 0 spiro atoms. The molecule has 2 aromatic carbocycles. The topological polar surface area (TPSA) is 24.7 Å². The van der Waals surface area contributed by atoms with Crippen LogP contribution < -0.4 is 0 Å². The Labute approximate surface area is 119 Å². The lowest BCUT2D eigenvalue weighted by Gasteiger charge is -2.07. The fraction of sp³-hybridized carbons (Fsp3) is 0.222. The summed E-state index contributed by atoms with van der Waals surface area (Å²) in [4.78, 5) is 9.41. The Balaban J connectivity index is 1.93. The van der Waals surface area contributed by atoms with Gasteiger partial charge in [0.15, 0.2) is 0 Å². The first-order chi connectivity index (χ1) is 9.92. The van der Waals surface area contributed by atoms with E-state index >= 15 is 0 Å². The minimum Gasteiger partial charge on any atom is -0.294 e. The van der Waals surface area contributed by atoms with Crippen LogP contribution in [0.3, 0.4) is 0 Å². The van der Waals surface area contributed by atoms with Crippen LogP contribution in [0.2, 0.25) is 0 Å². The van der Waals surface area contributed by atoms with Crippen LogP contribution >= 0.6 is 0 Å². The molecule has 0 amide bonds. The molecule has 1 aliphatic rings. The van der Waals surface area contributed by atoms with E-state index in [4.69, 9.17) is 4.99 Å². The van der Waals surface area contributed by atoms with Crippen molar-refractivity contribution in [2.75, 3.05) is 6.54 Å². The van der Waals surface area contributed by atoms with E-state index in [1.54, 1.807) is 0 Å². The molecule has 3 rings (SSSR count). The molecule has 1 aliphatic heterocycles. The van der Waals surface area contributed by atoms with Crippen LogP contribution in [0.4, 0.5) is 5.69 Å². The predicted molar refractivity (Wildman–Crippen MR) is 85.2 cm³/mol. The van der Waals surface area contributed by atoms with Crippen molar-refractivity contribution >= 4 is 17.1 Å². The molecule has 0 N–H and O–H groups in total. The van der Waals surface area contributed by atoms with Gasteiger partial charge in [0.05, 0.1) is 11.4 Å². The molecule has 2 nitrogen and oxygen atoms in total. The zero-order chi connectivity index (χ0) is 13.6. The monoisotopic (exact) mass is 262 g/mol. The first-order valence-electron chi connectivity index (χ1n) is 7.12. The first-order valence-corrected chi connectivity index (χ1v) is 7.12. The fourth-order valence-corrected chi connectivity index (χ4v) is 2.43. The number of nitrogens with zero attached hydrogens (tertiary/aromatic N) is 2. The van der Waals surface area contributed by atoms with Crippen LogP contribution in [0.15, 0.2) is 70.6 Å². The van der Waals surface area contributed by atoms with Crippen LogP contribution in [0.25, 0.3) is 0 Å². The van der Waals surface area contributed by atoms with Gasteiger partial charge in [0.25, 0.3) is 0 Å². The lowest BCUT2D eigenvalue weighted by atomic mass is 10.0. The second-order valence-corrected chi connectivity index (χ2v) is 4.99. The van der Waals surface area contributed by atoms with Crippen molar-refractivity contribution in [2.45, 2.75) is 19.3 Å². The molecule has 0 radical (unpaired) electrons. The summed E-state index contributed by atoms with van der Waals surface area (Å²) in [6.45, 7) is 0.975. The van der Waals surface area contributed by atoms with Gasteiger partial charge in [-0.05, 0) is 30.5 Å². The normalized spacial score (nSPS) is 15.2. The highest BCUT2D eigenvalue weighted by molar-refractivity contribution is 6.13. The molecule has 100 valence electrons. The summed E-state index contributed by atoms with van der Waals surface area (Å²) < 4.78 is 0. The predicted octanol–water partition coefficient (Wildman–Crippen LogP) is 4.43. The molecule has 0 fully saturated rings. The first kappa shape index (κ1) is 12.8. The summed E-state index contributed by atoms with van der Waals surface area (Å²) >= 11 is 0. The Morgan fingerprint density at radius 2 is 1.65 bits per heavy atom. The van der Waals surface area contributed by atoms with Crippen molar-refractivity contribution in [1.82, 2.24) is 0 Å². The zero-order valence-corrected chi connectivity index (χ0v) is 11.5. The summed E-state index contributed by atoms with van der Waals surface area (Å²) in [5.41, 5.74) is 4.58. The molecule has 0 aliphatic carbocycles. The maximum absolute atomic E-state index is 4.83. The van der Waals surface area contributed by atoms with Gasteiger partial charge in [-0.15, -0.1) is 0 Å². The maximum Gasteiger partial charge on any atom is 0.0633 e. The fourth-order valence-electron chi connectivity index (χ4n) is 2.43. The molecule has 0 saturated carbocycles. The Morgan fingerprint density at radius 3 is 2.30 bits per heavy atom. The lowest BCUT2D eigenvalue weighted by molar-refractivity contribution is 0.950. The highest BCUT2D eigenvalue weighted by atomic mass is 14.8. The van der Waals surface area contributed by atoms with E-state index in [9.17, 15) is 0 Å². The number of benzene rings is 2. The van der Waals surface area contributed by atoms with Crippen LogP contribution in [-0.4, -0.2) is 18.0 Å². The molecule has 0 aromatic heterocycles. The van der Waals surface area contributed by atoms with Gasteiger partial charge in [0.2, 0.25) is 0 Å². The summed E-state index contributed by atoms with van der Waals surface area (Å²) in [5.74, 6) is 0. The number of rotatable bonds is 4. The molecule has 2 heteroatoms. The average molecular weight is 262 g/mol. The molecule has 0 bridgehead atoms. The Bertz CT molecular complexity index is 612. The highest BCUT2D eigenvalue weighted by Gasteiger charge is 2.11. The average Bonchev–Trinajstić information content (AvgIpc) is 3.02. The van der Waals surface area contributed by atoms with Gasteiger partial charge >= 0.3 is 0 Å². The maximum atomic E-state index is 4.83. The van der Waals surface area contributed by atoms with Gasteiger partial charge in [0, 0.05) is 18.7 Å². The van der Waals surface area contributed by atoms with E-state index in [0.29, 0.717) is 0 Å². The van der Waals surface area contributed by atoms with Gasteiger partial charge < -0.3 is 0 Å². The second kappa shape index (κ2) is 6.29. The van der Waals surface area contributed by atoms with E-state index in [0.717, 1.165) is 30.8 Å². The molecular weight excluding hydrogens is 244 g/mol. The Kier molecular flexibility index (Phi) is 4.02. The van der Waals surface area contributed by atoms with Crippen molar-refractivity contribution in [3.63, 3.8) is 0 Å². The van der Waals surface area contributed by atoms with Crippen molar-refractivity contribution in [3.05, 3.63) is 66.2 Å². The van der Waals surface area contributed by atoms with E-state index < -0.39 is 0 Å². The van der Waals surface area contributed by atoms with Crippen molar-refractivity contribution < 1.29 is 0 Å². The van der Waals surface area contributed by atoms with Gasteiger partial charge in [-0.25, -0.2) is 0 Å². The molecule has 20 heavy (non-hydrogen) atoms. The lowest BCUT2D eigenvalue weighted by Crippen LogP contribution is -2.07. The molecule has 0 saturated heterocycles. The van der Waals surface area contributed by atoms with Crippen molar-refractivity contribution in [1.29, 1.82) is 0 Å². The number of hydrogen-bond acceptors (Lipinski definition) is 2. The van der Waals surface area contributed by atoms with Crippen LogP contribution in [0.1, 0.15) is 24.8 Å². The molecule has 0 unspecified atom stereocenters. The zero-order valence-electron chi connectivity index (χ0n) is 11.5. The minimum atomic E-state index is 0.860.